The van der Waals surface area contributed by atoms with Gasteiger partial charge in [0.25, 0.3) is 5.91 Å². The zero-order valence-electron chi connectivity index (χ0n) is 19.9. The van der Waals surface area contributed by atoms with Crippen LogP contribution in [0, 0.1) is 0 Å². The Kier molecular flexibility index (Phi) is 5.27. The highest BCUT2D eigenvalue weighted by molar-refractivity contribution is 6.10. The molecule has 180 valence electrons. The van der Waals surface area contributed by atoms with Crippen LogP contribution in [-0.4, -0.2) is 47.2 Å². The van der Waals surface area contributed by atoms with Crippen molar-refractivity contribution in [2.45, 2.75) is 32.8 Å². The van der Waals surface area contributed by atoms with Crippen molar-refractivity contribution in [3.63, 3.8) is 0 Å². The second-order valence-corrected chi connectivity index (χ2v) is 9.52. The molecule has 1 aliphatic rings. The molecule has 5 rings (SSSR count). The van der Waals surface area contributed by atoms with Crippen molar-refractivity contribution in [1.29, 1.82) is 0 Å². The van der Waals surface area contributed by atoms with Crippen LogP contribution in [0.15, 0.2) is 42.5 Å². The van der Waals surface area contributed by atoms with Gasteiger partial charge in [-0.15, -0.1) is 0 Å². The molecule has 0 radical (unpaired) electrons. The number of esters is 1. The van der Waals surface area contributed by atoms with E-state index in [1.54, 1.807) is 49.9 Å². The Morgan fingerprint density at radius 3 is 2.46 bits per heavy atom. The summed E-state index contributed by atoms with van der Waals surface area (Å²) in [4.78, 5) is 45.4. The summed E-state index contributed by atoms with van der Waals surface area (Å²) >= 11 is 0. The topological polar surface area (TPSA) is 117 Å². The quantitative estimate of drug-likeness (QED) is 0.362. The van der Waals surface area contributed by atoms with Gasteiger partial charge in [0.15, 0.2) is 0 Å². The van der Waals surface area contributed by atoms with Crippen molar-refractivity contribution in [2.24, 2.45) is 0 Å². The van der Waals surface area contributed by atoms with Gasteiger partial charge in [0.2, 0.25) is 0 Å². The van der Waals surface area contributed by atoms with E-state index < -0.39 is 17.7 Å². The van der Waals surface area contributed by atoms with Crippen LogP contribution in [0.25, 0.3) is 21.8 Å². The summed E-state index contributed by atoms with van der Waals surface area (Å²) in [6.45, 7) is 5.94. The number of hydrogen-bond acceptors (Lipinski definition) is 5. The van der Waals surface area contributed by atoms with Crippen LogP contribution in [0.3, 0.4) is 0 Å². The van der Waals surface area contributed by atoms with Crippen molar-refractivity contribution in [1.82, 2.24) is 9.97 Å². The molecule has 0 bridgehead atoms. The molecular formula is C26H26N4O5. The number of methoxy groups -OCH3 is 1. The van der Waals surface area contributed by atoms with E-state index in [1.807, 2.05) is 18.2 Å². The molecule has 0 atom stereocenters. The number of nitrogens with zero attached hydrogens (tertiary/aromatic N) is 1. The van der Waals surface area contributed by atoms with Gasteiger partial charge in [0, 0.05) is 39.7 Å². The monoisotopic (exact) mass is 474 g/mol. The zero-order chi connectivity index (χ0) is 24.9. The van der Waals surface area contributed by atoms with Crippen LogP contribution in [0.5, 0.6) is 0 Å². The van der Waals surface area contributed by atoms with Gasteiger partial charge in [-0.2, -0.15) is 0 Å². The highest BCUT2D eigenvalue weighted by Crippen LogP contribution is 2.36. The number of nitrogens with one attached hydrogen (secondary N) is 3. The molecule has 0 aliphatic carbocycles. The molecule has 2 aromatic heterocycles. The summed E-state index contributed by atoms with van der Waals surface area (Å²) < 4.78 is 10.1. The van der Waals surface area contributed by atoms with Gasteiger partial charge < -0.3 is 24.3 Å². The maximum absolute atomic E-state index is 13.4. The predicted molar refractivity (Wildman–Crippen MR) is 133 cm³/mol. The third kappa shape index (κ3) is 4.21. The molecule has 0 spiro atoms. The fourth-order valence-electron chi connectivity index (χ4n) is 4.44. The number of fused-ring (bicyclic) bond motifs is 4. The summed E-state index contributed by atoms with van der Waals surface area (Å²) in [7, 11) is 1.34. The smallest absolute Gasteiger partial charge is 0.412 e. The largest absolute Gasteiger partial charge is 0.464 e. The summed E-state index contributed by atoms with van der Waals surface area (Å²) in [6, 6.07) is 12.7. The molecule has 0 unspecified atom stereocenters. The highest BCUT2D eigenvalue weighted by Gasteiger charge is 2.29. The molecule has 9 heteroatoms. The average molecular weight is 475 g/mol. The minimum absolute atomic E-state index is 0.148. The van der Waals surface area contributed by atoms with E-state index in [9.17, 15) is 14.4 Å². The lowest BCUT2D eigenvalue weighted by atomic mass is 10.1. The van der Waals surface area contributed by atoms with Gasteiger partial charge in [-0.3, -0.25) is 10.1 Å². The van der Waals surface area contributed by atoms with Crippen molar-refractivity contribution < 1.29 is 23.9 Å². The number of H-pyrrole nitrogens is 2. The molecule has 9 nitrogen and oxygen atoms in total. The molecular weight excluding hydrogens is 448 g/mol. The van der Waals surface area contributed by atoms with E-state index in [0.717, 1.165) is 33.1 Å². The Morgan fingerprint density at radius 1 is 0.971 bits per heavy atom. The van der Waals surface area contributed by atoms with Gasteiger partial charge in [-0.05, 0) is 75.2 Å². The summed E-state index contributed by atoms with van der Waals surface area (Å²) in [5, 5.41) is 4.43. The van der Waals surface area contributed by atoms with E-state index in [2.05, 4.69) is 15.3 Å². The highest BCUT2D eigenvalue weighted by atomic mass is 16.6. The Morgan fingerprint density at radius 2 is 1.71 bits per heavy atom. The first-order chi connectivity index (χ1) is 16.6. The van der Waals surface area contributed by atoms with E-state index in [-0.39, 0.29) is 5.91 Å². The van der Waals surface area contributed by atoms with Gasteiger partial charge in [0.05, 0.1) is 7.11 Å². The second-order valence-electron chi connectivity index (χ2n) is 9.52. The number of aromatic nitrogens is 2. The summed E-state index contributed by atoms with van der Waals surface area (Å²) in [5.41, 5.74) is 4.26. The molecule has 35 heavy (non-hydrogen) atoms. The third-order valence-corrected chi connectivity index (χ3v) is 5.91. The maximum atomic E-state index is 13.4. The summed E-state index contributed by atoms with van der Waals surface area (Å²) in [6.07, 6.45) is 0.143. The van der Waals surface area contributed by atoms with Crippen LogP contribution in [0.1, 0.15) is 47.3 Å². The van der Waals surface area contributed by atoms with Gasteiger partial charge in [0.1, 0.15) is 17.0 Å². The van der Waals surface area contributed by atoms with E-state index >= 15 is 0 Å². The number of ether oxygens (including phenoxy) is 2. The van der Waals surface area contributed by atoms with Crippen molar-refractivity contribution >= 4 is 51.2 Å². The number of aromatic amines is 2. The Bertz CT molecular complexity index is 1490. The van der Waals surface area contributed by atoms with Gasteiger partial charge in [-0.25, -0.2) is 9.59 Å². The standard InChI is InChI=1S/C26H26N4O5/c1-26(2,3)35-25(33)27-15-5-6-18-14(11-15)12-20(28-18)23(31)30-10-9-16-17-13-21(24(32)34-4)29-19(17)7-8-22(16)30/h5-8,11-13,28-29H,9-10H2,1-4H3,(H,27,33). The Labute approximate surface area is 201 Å². The first kappa shape index (κ1) is 22.5. The fraction of sp³-hybridized carbons (Fsp3) is 0.269. The van der Waals surface area contributed by atoms with Crippen LogP contribution in [0.4, 0.5) is 16.2 Å². The van der Waals surface area contributed by atoms with Crippen LogP contribution < -0.4 is 10.2 Å². The predicted octanol–water partition coefficient (Wildman–Crippen LogP) is 4.99. The minimum atomic E-state index is -0.597. The van der Waals surface area contributed by atoms with Crippen molar-refractivity contribution in [3.05, 3.63) is 59.4 Å². The number of carbonyl (C=O) groups excluding carboxylic acids is 3. The molecule has 3 N–H and O–H groups in total. The zero-order valence-corrected chi connectivity index (χ0v) is 19.9. The number of amides is 2. The van der Waals surface area contributed by atoms with Gasteiger partial charge in [-0.1, -0.05) is 0 Å². The van der Waals surface area contributed by atoms with Crippen LogP contribution in [-0.2, 0) is 15.9 Å². The summed E-state index contributed by atoms with van der Waals surface area (Å²) in [5.74, 6) is -0.579. The third-order valence-electron chi connectivity index (χ3n) is 5.91. The first-order valence-electron chi connectivity index (χ1n) is 11.3. The number of anilines is 2. The second kappa shape index (κ2) is 8.19. The lowest BCUT2D eigenvalue weighted by molar-refractivity contribution is 0.0592. The van der Waals surface area contributed by atoms with Crippen LogP contribution in [0.2, 0.25) is 0 Å². The Balaban J connectivity index is 1.40. The van der Waals surface area contributed by atoms with E-state index in [4.69, 9.17) is 9.47 Å². The minimum Gasteiger partial charge on any atom is -0.464 e. The molecule has 0 fully saturated rings. The molecule has 4 aromatic rings. The molecule has 2 aromatic carbocycles. The Hall–Kier alpha value is -4.27. The van der Waals surface area contributed by atoms with Gasteiger partial charge >= 0.3 is 12.1 Å². The van der Waals surface area contributed by atoms with E-state index in [1.165, 1.54) is 7.11 Å². The van der Waals surface area contributed by atoms with Crippen molar-refractivity contribution in [2.75, 3.05) is 23.9 Å². The first-order valence-corrected chi connectivity index (χ1v) is 11.3. The molecule has 1 aliphatic heterocycles. The maximum Gasteiger partial charge on any atom is 0.412 e. The fourth-order valence-corrected chi connectivity index (χ4v) is 4.44. The number of rotatable bonds is 3. The number of carbonyl (C=O) groups is 3. The number of benzene rings is 2. The molecule has 0 saturated heterocycles. The molecule has 2 amide bonds. The van der Waals surface area contributed by atoms with Crippen molar-refractivity contribution in [3.8, 4) is 0 Å². The SMILES string of the molecule is COC(=O)c1cc2c3c(ccc2[nH]1)N(C(=O)c1cc2cc(NC(=O)OC(C)(C)C)ccc2[nH]1)CC3. The normalized spacial score (nSPS) is 13.2. The molecule has 3 heterocycles. The van der Waals surface area contributed by atoms with E-state index in [0.29, 0.717) is 30.0 Å². The van der Waals surface area contributed by atoms with Crippen LogP contribution >= 0.6 is 0 Å². The average Bonchev–Trinajstić information content (AvgIpc) is 3.51. The number of hydrogen-bond donors (Lipinski definition) is 3. The lowest BCUT2D eigenvalue weighted by Crippen LogP contribution is -2.29. The molecule has 0 saturated carbocycles. The lowest BCUT2D eigenvalue weighted by Gasteiger charge is -2.19.